The molecule has 3 rings (SSSR count). The summed E-state index contributed by atoms with van der Waals surface area (Å²) >= 11 is 10.00. The van der Waals surface area contributed by atoms with Crippen LogP contribution in [0, 0.1) is 11.3 Å². The molecule has 0 saturated carbocycles. The van der Waals surface area contributed by atoms with Crippen molar-refractivity contribution < 1.29 is 19.0 Å². The lowest BCUT2D eigenvalue weighted by molar-refractivity contribution is -0.139. The Morgan fingerprint density at radius 2 is 2.00 bits per heavy atom. The van der Waals surface area contributed by atoms with E-state index >= 15 is 0 Å². The van der Waals surface area contributed by atoms with Gasteiger partial charge in [-0.2, -0.15) is 5.26 Å². The SMILES string of the molecule is CCOC(=O)C1=C(C)OC(N)=C(C#N)C1c1c(Br)ccc(Cl)c1Oc1ccccc1. The van der Waals surface area contributed by atoms with E-state index in [1.54, 1.807) is 38.1 Å². The Bertz CT molecular complexity index is 1090. The highest BCUT2D eigenvalue weighted by molar-refractivity contribution is 9.10. The van der Waals surface area contributed by atoms with E-state index in [9.17, 15) is 10.1 Å². The second kappa shape index (κ2) is 9.24. The number of halogens is 2. The Morgan fingerprint density at radius 1 is 1.30 bits per heavy atom. The van der Waals surface area contributed by atoms with Crippen LogP contribution in [0.3, 0.4) is 0 Å². The summed E-state index contributed by atoms with van der Waals surface area (Å²) in [5.41, 5.74) is 6.68. The summed E-state index contributed by atoms with van der Waals surface area (Å²) in [6, 6.07) is 14.5. The van der Waals surface area contributed by atoms with Gasteiger partial charge in [0.2, 0.25) is 5.88 Å². The van der Waals surface area contributed by atoms with E-state index in [4.69, 9.17) is 31.5 Å². The van der Waals surface area contributed by atoms with Crippen LogP contribution in [0.15, 0.2) is 69.7 Å². The van der Waals surface area contributed by atoms with Gasteiger partial charge in [0.15, 0.2) is 5.75 Å². The molecule has 0 aliphatic carbocycles. The maximum absolute atomic E-state index is 12.8. The first-order chi connectivity index (χ1) is 14.4. The Kier molecular flexibility index (Phi) is 6.70. The molecular formula is C22H18BrClN2O4. The number of carbonyl (C=O) groups is 1. The van der Waals surface area contributed by atoms with Gasteiger partial charge in [0.05, 0.1) is 23.1 Å². The minimum atomic E-state index is -0.894. The average Bonchev–Trinajstić information content (AvgIpc) is 2.71. The molecule has 6 nitrogen and oxygen atoms in total. The van der Waals surface area contributed by atoms with Gasteiger partial charge in [0.25, 0.3) is 0 Å². The maximum atomic E-state index is 12.8. The molecule has 0 fully saturated rings. The lowest BCUT2D eigenvalue weighted by Crippen LogP contribution is -2.26. The first-order valence-electron chi connectivity index (χ1n) is 9.05. The Hall–Kier alpha value is -2.95. The topological polar surface area (TPSA) is 94.6 Å². The monoisotopic (exact) mass is 488 g/mol. The van der Waals surface area contributed by atoms with Crippen molar-refractivity contribution >= 4 is 33.5 Å². The summed E-state index contributed by atoms with van der Waals surface area (Å²) in [6.45, 7) is 3.45. The number of benzene rings is 2. The first-order valence-corrected chi connectivity index (χ1v) is 10.2. The van der Waals surface area contributed by atoms with Crippen LogP contribution in [0.4, 0.5) is 0 Å². The van der Waals surface area contributed by atoms with Crippen LogP contribution in [0.1, 0.15) is 25.3 Å². The van der Waals surface area contributed by atoms with Crippen molar-refractivity contribution in [2.45, 2.75) is 19.8 Å². The van der Waals surface area contributed by atoms with Gasteiger partial charge in [0, 0.05) is 10.0 Å². The zero-order valence-corrected chi connectivity index (χ0v) is 18.6. The van der Waals surface area contributed by atoms with E-state index in [2.05, 4.69) is 22.0 Å². The predicted molar refractivity (Wildman–Crippen MR) is 116 cm³/mol. The Labute approximate surface area is 187 Å². The summed E-state index contributed by atoms with van der Waals surface area (Å²) in [5.74, 6) is -0.524. The van der Waals surface area contributed by atoms with Crippen LogP contribution in [0.2, 0.25) is 5.02 Å². The molecular weight excluding hydrogens is 472 g/mol. The molecule has 1 unspecified atom stereocenters. The molecule has 2 aromatic rings. The van der Waals surface area contributed by atoms with Gasteiger partial charge in [-0.15, -0.1) is 0 Å². The normalized spacial score (nSPS) is 16.0. The number of hydrogen-bond donors (Lipinski definition) is 1. The van der Waals surface area contributed by atoms with Gasteiger partial charge in [-0.05, 0) is 38.1 Å². The fourth-order valence-corrected chi connectivity index (χ4v) is 3.92. The molecule has 154 valence electrons. The van der Waals surface area contributed by atoms with Crippen molar-refractivity contribution in [3.05, 3.63) is 80.3 Å². The summed E-state index contributed by atoms with van der Waals surface area (Å²) < 4.78 is 17.4. The van der Waals surface area contributed by atoms with Crippen LogP contribution in [-0.2, 0) is 14.3 Å². The lowest BCUT2D eigenvalue weighted by Gasteiger charge is -2.29. The number of para-hydroxylation sites is 1. The van der Waals surface area contributed by atoms with E-state index in [-0.39, 0.29) is 29.4 Å². The second-order valence-electron chi connectivity index (χ2n) is 6.30. The lowest BCUT2D eigenvalue weighted by atomic mass is 9.82. The highest BCUT2D eigenvalue weighted by Gasteiger charge is 2.39. The fourth-order valence-electron chi connectivity index (χ4n) is 3.17. The number of nitrogens with two attached hydrogens (primary N) is 1. The van der Waals surface area contributed by atoms with Crippen LogP contribution in [0.5, 0.6) is 11.5 Å². The summed E-state index contributed by atoms with van der Waals surface area (Å²) in [6.07, 6.45) is 0. The van der Waals surface area contributed by atoms with E-state index in [0.29, 0.717) is 26.6 Å². The van der Waals surface area contributed by atoms with Crippen molar-refractivity contribution in [3.8, 4) is 17.6 Å². The number of nitriles is 1. The summed E-state index contributed by atoms with van der Waals surface area (Å²) in [7, 11) is 0. The number of allylic oxidation sites excluding steroid dienone is 2. The number of rotatable bonds is 5. The molecule has 0 aromatic heterocycles. The van der Waals surface area contributed by atoms with Gasteiger partial charge in [0.1, 0.15) is 23.2 Å². The van der Waals surface area contributed by atoms with Gasteiger partial charge < -0.3 is 19.9 Å². The third kappa shape index (κ3) is 4.16. The Morgan fingerprint density at radius 3 is 2.63 bits per heavy atom. The number of ether oxygens (including phenoxy) is 3. The Balaban J connectivity index is 2.27. The molecule has 2 aromatic carbocycles. The number of hydrogen-bond acceptors (Lipinski definition) is 6. The average molecular weight is 490 g/mol. The highest BCUT2D eigenvalue weighted by atomic mass is 79.9. The number of carbonyl (C=O) groups excluding carboxylic acids is 1. The van der Waals surface area contributed by atoms with Crippen LogP contribution in [0.25, 0.3) is 0 Å². The molecule has 1 aliphatic rings. The van der Waals surface area contributed by atoms with Crippen LogP contribution in [-0.4, -0.2) is 12.6 Å². The molecule has 30 heavy (non-hydrogen) atoms. The smallest absolute Gasteiger partial charge is 0.338 e. The molecule has 1 heterocycles. The number of nitrogens with zero attached hydrogens (tertiary/aromatic N) is 1. The van der Waals surface area contributed by atoms with E-state index < -0.39 is 11.9 Å². The number of esters is 1. The van der Waals surface area contributed by atoms with Crippen molar-refractivity contribution in [2.24, 2.45) is 5.73 Å². The second-order valence-corrected chi connectivity index (χ2v) is 7.56. The molecule has 8 heteroatoms. The zero-order chi connectivity index (χ0) is 21.8. The maximum Gasteiger partial charge on any atom is 0.338 e. The van der Waals surface area contributed by atoms with Crippen molar-refractivity contribution in [3.63, 3.8) is 0 Å². The minimum absolute atomic E-state index is 0.0598. The van der Waals surface area contributed by atoms with Gasteiger partial charge in [-0.1, -0.05) is 45.7 Å². The van der Waals surface area contributed by atoms with Crippen molar-refractivity contribution in [2.75, 3.05) is 6.61 Å². The molecule has 1 atom stereocenters. The quantitative estimate of drug-likeness (QED) is 0.554. The molecule has 1 aliphatic heterocycles. The van der Waals surface area contributed by atoms with E-state index in [1.807, 2.05) is 18.2 Å². The molecule has 0 radical (unpaired) electrons. The molecule has 0 spiro atoms. The van der Waals surface area contributed by atoms with E-state index in [1.165, 1.54) is 0 Å². The molecule has 2 N–H and O–H groups in total. The van der Waals surface area contributed by atoms with Crippen molar-refractivity contribution in [1.82, 2.24) is 0 Å². The van der Waals surface area contributed by atoms with Gasteiger partial charge >= 0.3 is 5.97 Å². The van der Waals surface area contributed by atoms with Gasteiger partial charge in [-0.3, -0.25) is 0 Å². The van der Waals surface area contributed by atoms with Crippen LogP contribution >= 0.6 is 27.5 Å². The highest BCUT2D eigenvalue weighted by Crippen LogP contribution is 2.49. The van der Waals surface area contributed by atoms with Crippen molar-refractivity contribution in [1.29, 1.82) is 5.26 Å². The largest absolute Gasteiger partial charge is 0.463 e. The molecule has 0 saturated heterocycles. The third-order valence-corrected chi connectivity index (χ3v) is 5.44. The summed E-state index contributed by atoms with van der Waals surface area (Å²) in [4.78, 5) is 12.8. The third-order valence-electron chi connectivity index (χ3n) is 4.45. The summed E-state index contributed by atoms with van der Waals surface area (Å²) in [5, 5.41) is 10.1. The minimum Gasteiger partial charge on any atom is -0.463 e. The zero-order valence-electron chi connectivity index (χ0n) is 16.2. The first kappa shape index (κ1) is 21.8. The predicted octanol–water partition coefficient (Wildman–Crippen LogP) is 5.54. The van der Waals surface area contributed by atoms with E-state index in [0.717, 1.165) is 0 Å². The fraction of sp³-hybridized carbons (Fsp3) is 0.182. The molecule has 0 amide bonds. The standard InChI is InChI=1S/C22H18BrClN2O4/c1-3-28-22(27)17-12(2)29-21(26)14(11-25)18(17)19-15(23)9-10-16(24)20(19)30-13-7-5-4-6-8-13/h4-10,18H,3,26H2,1-2H3. The molecule has 0 bridgehead atoms. The van der Waals surface area contributed by atoms with Gasteiger partial charge in [-0.25, -0.2) is 4.79 Å². The van der Waals surface area contributed by atoms with Crippen LogP contribution < -0.4 is 10.5 Å².